The molecule has 0 aliphatic rings. The first-order chi connectivity index (χ1) is 12.1. The minimum absolute atomic E-state index is 0.644. The van der Waals surface area contributed by atoms with E-state index in [2.05, 4.69) is 27.2 Å². The molecule has 0 radical (unpaired) electrons. The molecule has 0 N–H and O–H groups in total. The second-order valence-electron chi connectivity index (χ2n) is 5.50. The van der Waals surface area contributed by atoms with Crippen molar-refractivity contribution in [2.24, 2.45) is 0 Å². The average Bonchev–Trinajstić information content (AvgIpc) is 3.07. The highest BCUT2D eigenvalue weighted by atomic mass is 35.5. The van der Waals surface area contributed by atoms with Gasteiger partial charge in [0.15, 0.2) is 5.82 Å². The zero-order valence-corrected chi connectivity index (χ0v) is 16.4. The van der Waals surface area contributed by atoms with E-state index >= 15 is 0 Å². The minimum atomic E-state index is 0.644. The van der Waals surface area contributed by atoms with Crippen molar-refractivity contribution in [1.29, 1.82) is 0 Å². The van der Waals surface area contributed by atoms with Gasteiger partial charge in [-0.15, -0.1) is 23.5 Å². The molecule has 4 nitrogen and oxygen atoms in total. The van der Waals surface area contributed by atoms with Crippen LogP contribution in [0.25, 0.3) is 0 Å². The van der Waals surface area contributed by atoms with Gasteiger partial charge >= 0.3 is 0 Å². The van der Waals surface area contributed by atoms with E-state index in [0.717, 1.165) is 9.92 Å². The van der Waals surface area contributed by atoms with Gasteiger partial charge in [0.2, 0.25) is 5.89 Å². The van der Waals surface area contributed by atoms with Crippen LogP contribution in [0.4, 0.5) is 5.69 Å². The summed E-state index contributed by atoms with van der Waals surface area (Å²) in [5.74, 6) is 2.68. The lowest BCUT2D eigenvalue weighted by molar-refractivity contribution is 0.386. The maximum absolute atomic E-state index is 5.89. The Morgan fingerprint density at radius 3 is 2.52 bits per heavy atom. The standard InChI is InChI=1S/C18H18ClN3OS2/c1-22(2)15-5-3-4-6-16(15)25-12-18-20-17(21-23-18)11-24-14-9-7-13(19)8-10-14/h3-10H,11-12H2,1-2H3. The zero-order chi connectivity index (χ0) is 17.6. The summed E-state index contributed by atoms with van der Waals surface area (Å²) >= 11 is 9.25. The third-order valence-corrected chi connectivity index (χ3v) is 5.70. The lowest BCUT2D eigenvalue weighted by Crippen LogP contribution is -2.09. The van der Waals surface area contributed by atoms with Crippen LogP contribution in [0.5, 0.6) is 0 Å². The molecule has 0 amide bonds. The van der Waals surface area contributed by atoms with Crippen molar-refractivity contribution in [1.82, 2.24) is 10.1 Å². The van der Waals surface area contributed by atoms with Crippen LogP contribution in [0.15, 0.2) is 62.8 Å². The molecule has 3 aromatic rings. The molecule has 130 valence electrons. The first-order valence-corrected chi connectivity index (χ1v) is 10.1. The molecule has 0 aliphatic heterocycles. The fourth-order valence-electron chi connectivity index (χ4n) is 2.17. The number of rotatable bonds is 7. The number of halogens is 1. The maximum atomic E-state index is 5.89. The van der Waals surface area contributed by atoms with Gasteiger partial charge in [0.05, 0.1) is 11.5 Å². The van der Waals surface area contributed by atoms with Crippen LogP contribution in [0.2, 0.25) is 5.02 Å². The lowest BCUT2D eigenvalue weighted by Gasteiger charge is -2.16. The Morgan fingerprint density at radius 2 is 1.76 bits per heavy atom. The summed E-state index contributed by atoms with van der Waals surface area (Å²) in [6.45, 7) is 0. The second-order valence-corrected chi connectivity index (χ2v) is 8.00. The Kier molecular flexibility index (Phi) is 6.29. The Bertz CT molecular complexity index is 821. The Labute approximate surface area is 160 Å². The quantitative estimate of drug-likeness (QED) is 0.504. The predicted molar refractivity (Wildman–Crippen MR) is 106 cm³/mol. The summed E-state index contributed by atoms with van der Waals surface area (Å²) in [4.78, 5) is 8.90. The molecule has 25 heavy (non-hydrogen) atoms. The van der Waals surface area contributed by atoms with Crippen molar-refractivity contribution in [3.8, 4) is 0 Å². The Balaban J connectivity index is 1.56. The molecule has 0 aliphatic carbocycles. The molecule has 0 fully saturated rings. The number of hydrogen-bond acceptors (Lipinski definition) is 6. The van der Waals surface area contributed by atoms with Gasteiger partial charge in [-0.25, -0.2) is 0 Å². The Morgan fingerprint density at radius 1 is 1.00 bits per heavy atom. The van der Waals surface area contributed by atoms with Gasteiger partial charge in [0.1, 0.15) is 0 Å². The summed E-state index contributed by atoms with van der Waals surface area (Å²) in [6.07, 6.45) is 0. The highest BCUT2D eigenvalue weighted by molar-refractivity contribution is 7.98. The molecule has 0 bridgehead atoms. The molecule has 1 aromatic heterocycles. The van der Waals surface area contributed by atoms with Gasteiger partial charge in [0, 0.05) is 34.6 Å². The van der Waals surface area contributed by atoms with Gasteiger partial charge in [-0.3, -0.25) is 0 Å². The highest BCUT2D eigenvalue weighted by Crippen LogP contribution is 2.31. The summed E-state index contributed by atoms with van der Waals surface area (Å²) in [6, 6.07) is 16.0. The summed E-state index contributed by atoms with van der Waals surface area (Å²) in [5.41, 5.74) is 1.19. The first-order valence-electron chi connectivity index (χ1n) is 7.71. The summed E-state index contributed by atoms with van der Waals surface area (Å²) < 4.78 is 5.36. The van der Waals surface area contributed by atoms with Gasteiger partial charge in [-0.2, -0.15) is 4.98 Å². The van der Waals surface area contributed by atoms with E-state index in [1.807, 2.05) is 50.5 Å². The van der Waals surface area contributed by atoms with Crippen molar-refractivity contribution < 1.29 is 4.52 Å². The fraction of sp³-hybridized carbons (Fsp3) is 0.222. The average molecular weight is 392 g/mol. The number of aromatic nitrogens is 2. The maximum Gasteiger partial charge on any atom is 0.237 e. The van der Waals surface area contributed by atoms with Crippen molar-refractivity contribution >= 4 is 40.8 Å². The Hall–Kier alpha value is -1.63. The van der Waals surface area contributed by atoms with Crippen LogP contribution in [-0.2, 0) is 11.5 Å². The third-order valence-electron chi connectivity index (χ3n) is 3.39. The normalized spacial score (nSPS) is 10.8. The third kappa shape index (κ3) is 5.17. The first kappa shape index (κ1) is 18.2. The number of thioether (sulfide) groups is 2. The molecule has 1 heterocycles. The lowest BCUT2D eigenvalue weighted by atomic mass is 10.3. The second kappa shape index (κ2) is 8.65. The molecule has 7 heteroatoms. The van der Waals surface area contributed by atoms with E-state index in [-0.39, 0.29) is 0 Å². The largest absolute Gasteiger partial charge is 0.377 e. The van der Waals surface area contributed by atoms with E-state index in [1.54, 1.807) is 23.5 Å². The zero-order valence-electron chi connectivity index (χ0n) is 14.0. The van der Waals surface area contributed by atoms with Crippen molar-refractivity contribution in [3.63, 3.8) is 0 Å². The predicted octanol–water partition coefficient (Wildman–Crippen LogP) is 5.37. The monoisotopic (exact) mass is 391 g/mol. The van der Waals surface area contributed by atoms with E-state index in [1.165, 1.54) is 10.6 Å². The van der Waals surface area contributed by atoms with Crippen molar-refractivity contribution in [3.05, 3.63) is 65.3 Å². The molecule has 0 unspecified atom stereocenters. The number of nitrogens with zero attached hydrogens (tertiary/aromatic N) is 3. The number of para-hydroxylation sites is 1. The van der Waals surface area contributed by atoms with Gasteiger partial charge in [-0.05, 0) is 36.4 Å². The summed E-state index contributed by atoms with van der Waals surface area (Å²) in [5, 5.41) is 4.80. The van der Waals surface area contributed by atoms with Crippen molar-refractivity contribution in [2.75, 3.05) is 19.0 Å². The molecule has 0 atom stereocenters. The smallest absolute Gasteiger partial charge is 0.237 e. The van der Waals surface area contributed by atoms with Gasteiger partial charge < -0.3 is 9.42 Å². The number of anilines is 1. The van der Waals surface area contributed by atoms with Crippen LogP contribution in [-0.4, -0.2) is 24.2 Å². The molecule has 0 saturated carbocycles. The molecule has 0 saturated heterocycles. The van der Waals surface area contributed by atoms with Gasteiger partial charge in [-0.1, -0.05) is 28.9 Å². The topological polar surface area (TPSA) is 42.2 Å². The van der Waals surface area contributed by atoms with Crippen molar-refractivity contribution in [2.45, 2.75) is 21.3 Å². The number of hydrogen-bond donors (Lipinski definition) is 0. The molecular weight excluding hydrogens is 374 g/mol. The number of benzene rings is 2. The molecular formula is C18H18ClN3OS2. The van der Waals surface area contributed by atoms with E-state index in [9.17, 15) is 0 Å². The minimum Gasteiger partial charge on any atom is -0.377 e. The molecule has 3 rings (SSSR count). The van der Waals surface area contributed by atoms with E-state index < -0.39 is 0 Å². The van der Waals surface area contributed by atoms with Crippen LogP contribution in [0.1, 0.15) is 11.7 Å². The van der Waals surface area contributed by atoms with Crippen LogP contribution in [0.3, 0.4) is 0 Å². The highest BCUT2D eigenvalue weighted by Gasteiger charge is 2.10. The summed E-state index contributed by atoms with van der Waals surface area (Å²) in [7, 11) is 4.08. The molecule has 2 aromatic carbocycles. The van der Waals surface area contributed by atoms with Crippen LogP contribution >= 0.6 is 35.1 Å². The fourth-order valence-corrected chi connectivity index (χ4v) is 4.01. The van der Waals surface area contributed by atoms with Gasteiger partial charge in [0.25, 0.3) is 0 Å². The SMILES string of the molecule is CN(C)c1ccccc1SCc1nc(CSc2ccc(Cl)cc2)no1. The van der Waals surface area contributed by atoms with E-state index in [4.69, 9.17) is 16.1 Å². The van der Waals surface area contributed by atoms with Crippen LogP contribution in [0, 0.1) is 0 Å². The molecule has 0 spiro atoms. The van der Waals surface area contributed by atoms with Crippen LogP contribution < -0.4 is 4.90 Å². The van der Waals surface area contributed by atoms with E-state index in [0.29, 0.717) is 23.2 Å².